The van der Waals surface area contributed by atoms with Crippen molar-refractivity contribution in [3.8, 4) is 5.75 Å². The Kier molecular flexibility index (Phi) is 8.35. The Morgan fingerprint density at radius 2 is 1.90 bits per heavy atom. The molecule has 1 aromatic heterocycles. The van der Waals surface area contributed by atoms with Gasteiger partial charge in [-0.05, 0) is 77.3 Å². The summed E-state index contributed by atoms with van der Waals surface area (Å²) in [6, 6.07) is 3.89. The molecular formula is C35H43N5O8S. The molecule has 1 saturated heterocycles. The van der Waals surface area contributed by atoms with Crippen molar-refractivity contribution in [1.29, 1.82) is 0 Å². The molecule has 1 spiro atoms. The zero-order valence-electron chi connectivity index (χ0n) is 27.8. The summed E-state index contributed by atoms with van der Waals surface area (Å²) in [6.07, 6.45) is 7.92. The molecule has 5 aliphatic rings. The average molecular weight is 694 g/mol. The second-order valence-corrected chi connectivity index (χ2v) is 16.5. The van der Waals surface area contributed by atoms with Crippen molar-refractivity contribution in [2.75, 3.05) is 6.54 Å². The number of aromatic nitrogens is 1. The number of nitrogens with one attached hydrogen (secondary N) is 3. The fraction of sp³-hybridized carbons (Fsp3) is 0.571. The molecule has 49 heavy (non-hydrogen) atoms. The molecule has 3 fully saturated rings. The highest BCUT2D eigenvalue weighted by atomic mass is 32.2. The number of fused-ring (bicyclic) bond motifs is 5. The number of hydrogen-bond donors (Lipinski definition) is 4. The van der Waals surface area contributed by atoms with Gasteiger partial charge < -0.3 is 25.4 Å². The van der Waals surface area contributed by atoms with Crippen LogP contribution in [0.25, 0.3) is 10.9 Å². The van der Waals surface area contributed by atoms with Crippen LogP contribution >= 0.6 is 0 Å². The predicted octanol–water partition coefficient (Wildman–Crippen LogP) is 3.16. The first-order valence-electron chi connectivity index (χ1n) is 17.2. The van der Waals surface area contributed by atoms with Crippen LogP contribution in [0, 0.1) is 19.8 Å². The molecule has 2 aliphatic carbocycles. The quantitative estimate of drug-likeness (QED) is 0.350. The van der Waals surface area contributed by atoms with E-state index in [4.69, 9.17) is 9.72 Å². The third kappa shape index (κ3) is 6.35. The maximum atomic E-state index is 14.4. The Morgan fingerprint density at radius 3 is 2.65 bits per heavy atom. The molecular weight excluding hydrogens is 650 g/mol. The normalized spacial score (nSPS) is 30.2. The number of carbonyl (C=O) groups is 4. The third-order valence-electron chi connectivity index (χ3n) is 10.8. The summed E-state index contributed by atoms with van der Waals surface area (Å²) in [5, 5.41) is 15.3. The first-order valence-corrected chi connectivity index (χ1v) is 18.8. The minimum Gasteiger partial charge on any atom is -0.483 e. The number of carbonyl (C=O) groups excluding carboxylic acids is 3. The van der Waals surface area contributed by atoms with E-state index in [1.165, 1.54) is 4.90 Å². The molecule has 13 nitrogen and oxygen atoms in total. The van der Waals surface area contributed by atoms with Gasteiger partial charge in [-0.15, -0.1) is 0 Å². The molecule has 7 rings (SSSR count). The third-order valence-corrected chi connectivity index (χ3v) is 12.6. The van der Waals surface area contributed by atoms with Gasteiger partial charge in [-0.3, -0.25) is 19.1 Å². The van der Waals surface area contributed by atoms with Crippen molar-refractivity contribution in [3.63, 3.8) is 0 Å². The highest BCUT2D eigenvalue weighted by molar-refractivity contribution is 7.91. The van der Waals surface area contributed by atoms with Crippen molar-refractivity contribution < 1.29 is 37.4 Å². The Labute approximate surface area is 285 Å². The maximum absolute atomic E-state index is 14.4. The summed E-state index contributed by atoms with van der Waals surface area (Å²) in [5.41, 5.74) is 1.19. The number of benzene rings is 1. The smallest absolute Gasteiger partial charge is 0.405 e. The van der Waals surface area contributed by atoms with Gasteiger partial charge in [-0.2, -0.15) is 0 Å². The SMILES string of the molecule is Cc1ccc2nc(C)c3c(c2c1)CC[C@]1(C[C@H]2C(=O)N[C@]4(C(=O)NS(=O)(=O)C5CC5)C[C@H]4C=CCCCCC[C@H](NC(=O)O)C(=O)N2C1)O3. The van der Waals surface area contributed by atoms with Crippen LogP contribution in [0.5, 0.6) is 5.75 Å². The molecule has 2 aromatic rings. The summed E-state index contributed by atoms with van der Waals surface area (Å²) in [7, 11) is -3.88. The number of amides is 4. The minimum absolute atomic E-state index is 0.0328. The number of ether oxygens (including phenoxy) is 1. The van der Waals surface area contributed by atoms with Crippen molar-refractivity contribution in [2.24, 2.45) is 5.92 Å². The van der Waals surface area contributed by atoms with E-state index in [2.05, 4.69) is 21.4 Å². The number of pyridine rings is 1. The molecule has 0 unspecified atom stereocenters. The van der Waals surface area contributed by atoms with Gasteiger partial charge in [-0.1, -0.05) is 36.6 Å². The number of rotatable bonds is 4. The van der Waals surface area contributed by atoms with Crippen molar-refractivity contribution in [1.82, 2.24) is 25.2 Å². The molecule has 1 aromatic carbocycles. The molecule has 5 atom stereocenters. The number of nitrogens with zero attached hydrogens (tertiary/aromatic N) is 2. The maximum Gasteiger partial charge on any atom is 0.405 e. The second-order valence-electron chi connectivity index (χ2n) is 14.5. The largest absolute Gasteiger partial charge is 0.483 e. The highest BCUT2D eigenvalue weighted by Crippen LogP contribution is 2.48. The van der Waals surface area contributed by atoms with Gasteiger partial charge in [0.2, 0.25) is 21.8 Å². The fourth-order valence-electron chi connectivity index (χ4n) is 7.86. The zero-order chi connectivity index (χ0) is 34.7. The molecule has 262 valence electrons. The summed E-state index contributed by atoms with van der Waals surface area (Å²) in [6.45, 7) is 3.92. The lowest BCUT2D eigenvalue weighted by Crippen LogP contribution is -2.58. The van der Waals surface area contributed by atoms with E-state index in [1.54, 1.807) is 0 Å². The molecule has 3 aliphatic heterocycles. The molecule has 4 heterocycles. The van der Waals surface area contributed by atoms with Crippen LogP contribution in [0.2, 0.25) is 0 Å². The topological polar surface area (TPSA) is 184 Å². The molecule has 4 N–H and O–H groups in total. The molecule has 0 radical (unpaired) electrons. The van der Waals surface area contributed by atoms with E-state index in [9.17, 15) is 32.7 Å². The highest BCUT2D eigenvalue weighted by Gasteiger charge is 2.63. The van der Waals surface area contributed by atoms with Gasteiger partial charge in [0.15, 0.2) is 0 Å². The van der Waals surface area contributed by atoms with E-state index in [0.29, 0.717) is 50.0 Å². The molecule has 0 bridgehead atoms. The van der Waals surface area contributed by atoms with E-state index in [0.717, 1.165) is 34.9 Å². The summed E-state index contributed by atoms with van der Waals surface area (Å²) in [4.78, 5) is 60.3. The standard InChI is InChI=1S/C35H43N5O8S/c1-20-10-13-26-25(16-20)24-14-15-34(48-29(24)21(2)36-26)18-28-30(41)38-35(32(43)39-49(46,47)23-11-12-23)17-22(35)8-6-4-3-5-7-9-27(37-33(44)45)31(42)40(28)19-34/h6,8,10,13,16,22-23,27-28,37H,3-5,7,9,11-12,14-15,17-19H2,1-2H3,(H,38,41)(H,39,43)(H,44,45)/t22-,27+,28+,34-,35-/m1/s1. The van der Waals surface area contributed by atoms with Crippen molar-refractivity contribution in [2.45, 2.75) is 113 Å². The van der Waals surface area contributed by atoms with Crippen LogP contribution in [0.4, 0.5) is 4.79 Å². The number of allylic oxidation sites excluding steroid dienone is 1. The summed E-state index contributed by atoms with van der Waals surface area (Å²) in [5.74, 6) is -1.72. The lowest BCUT2D eigenvalue weighted by molar-refractivity contribution is -0.141. The monoisotopic (exact) mass is 693 g/mol. The second kappa shape index (κ2) is 12.3. The molecule has 4 amide bonds. The lowest BCUT2D eigenvalue weighted by Gasteiger charge is -2.36. The number of carboxylic acid groups (broad SMARTS) is 1. The van der Waals surface area contributed by atoms with E-state index in [-0.39, 0.29) is 25.8 Å². The van der Waals surface area contributed by atoms with Crippen molar-refractivity contribution in [3.05, 3.63) is 47.2 Å². The Hall–Kier alpha value is -4.20. The lowest BCUT2D eigenvalue weighted by atomic mass is 9.87. The summed E-state index contributed by atoms with van der Waals surface area (Å²) < 4.78 is 34.6. The predicted molar refractivity (Wildman–Crippen MR) is 179 cm³/mol. The Balaban J connectivity index is 1.23. The van der Waals surface area contributed by atoms with E-state index >= 15 is 0 Å². The van der Waals surface area contributed by atoms with Crippen LogP contribution in [-0.4, -0.2) is 82.2 Å². The molecule has 2 saturated carbocycles. The summed E-state index contributed by atoms with van der Waals surface area (Å²) >= 11 is 0. The fourth-order valence-corrected chi connectivity index (χ4v) is 9.22. The van der Waals surface area contributed by atoms with Crippen LogP contribution in [0.15, 0.2) is 30.4 Å². The molecule has 14 heteroatoms. The van der Waals surface area contributed by atoms with Crippen LogP contribution in [0.1, 0.15) is 81.0 Å². The number of sulfonamides is 1. The van der Waals surface area contributed by atoms with Gasteiger partial charge >= 0.3 is 6.09 Å². The Bertz CT molecular complexity index is 1880. The minimum atomic E-state index is -3.88. The first-order chi connectivity index (χ1) is 23.3. The van der Waals surface area contributed by atoms with Crippen molar-refractivity contribution >= 4 is 44.7 Å². The zero-order valence-corrected chi connectivity index (χ0v) is 28.6. The average Bonchev–Trinajstić information content (AvgIpc) is 3.97. The van der Waals surface area contributed by atoms with E-state index in [1.807, 2.05) is 38.1 Å². The van der Waals surface area contributed by atoms with Gasteiger partial charge in [0.05, 0.1) is 23.0 Å². The van der Waals surface area contributed by atoms with Gasteiger partial charge in [0.1, 0.15) is 29.0 Å². The van der Waals surface area contributed by atoms with Crippen LogP contribution in [-0.2, 0) is 30.8 Å². The Morgan fingerprint density at radius 1 is 1.10 bits per heavy atom. The number of hydrogen-bond acceptors (Lipinski definition) is 8. The van der Waals surface area contributed by atoms with Gasteiger partial charge in [-0.25, -0.2) is 18.2 Å². The first kappa shape index (κ1) is 33.3. The van der Waals surface area contributed by atoms with Gasteiger partial charge in [0, 0.05) is 23.3 Å². The number of aryl methyl sites for hydroxylation is 3. The van der Waals surface area contributed by atoms with E-state index < -0.39 is 68.2 Å². The van der Waals surface area contributed by atoms with Gasteiger partial charge in [0.25, 0.3) is 5.91 Å². The van der Waals surface area contributed by atoms with Crippen LogP contribution in [0.3, 0.4) is 0 Å². The van der Waals surface area contributed by atoms with Crippen LogP contribution < -0.4 is 20.1 Å².